The van der Waals surface area contributed by atoms with Gasteiger partial charge in [0.2, 0.25) is 5.82 Å². The molecule has 9 heteroatoms. The number of para-hydroxylation sites is 1. The maximum Gasteiger partial charge on any atom is 0.400 e. The fourth-order valence-corrected chi connectivity index (χ4v) is 2.42. The number of rotatable bonds is 5. The first-order valence-electron chi connectivity index (χ1n) is 6.99. The molecule has 0 bridgehead atoms. The summed E-state index contributed by atoms with van der Waals surface area (Å²) in [6.45, 7) is 0. The van der Waals surface area contributed by atoms with Crippen LogP contribution < -0.4 is 10.1 Å². The number of hydrogen-bond acceptors (Lipinski definition) is 5. The summed E-state index contributed by atoms with van der Waals surface area (Å²) in [6.07, 6.45) is 0. The second kappa shape index (κ2) is 6.85. The molecule has 0 aliphatic carbocycles. The van der Waals surface area contributed by atoms with Gasteiger partial charge in [-0.1, -0.05) is 35.0 Å². The van der Waals surface area contributed by atoms with Gasteiger partial charge in [0.25, 0.3) is 0 Å². The molecule has 2 aromatic carbocycles. The molecular formula is C16H11Cl2F2N3O2. The normalized spacial score (nSPS) is 11.4. The molecule has 5 nitrogen and oxygen atoms in total. The Kier molecular flexibility index (Phi) is 4.78. The number of nitrogens with zero attached hydrogens (tertiary/aromatic N) is 2. The summed E-state index contributed by atoms with van der Waals surface area (Å²) in [7, 11) is 1.53. The van der Waals surface area contributed by atoms with E-state index in [9.17, 15) is 8.78 Å². The quantitative estimate of drug-likeness (QED) is 0.593. The third-order valence-corrected chi connectivity index (χ3v) is 3.73. The molecule has 0 saturated carbocycles. The van der Waals surface area contributed by atoms with Gasteiger partial charge in [0, 0.05) is 11.3 Å². The van der Waals surface area contributed by atoms with Crippen LogP contribution in [0.25, 0.3) is 11.4 Å². The van der Waals surface area contributed by atoms with E-state index in [1.165, 1.54) is 7.11 Å². The topological polar surface area (TPSA) is 60.2 Å². The molecule has 0 aliphatic rings. The van der Waals surface area contributed by atoms with Gasteiger partial charge in [-0.3, -0.25) is 0 Å². The molecule has 0 atom stereocenters. The van der Waals surface area contributed by atoms with Gasteiger partial charge in [-0.25, -0.2) is 0 Å². The van der Waals surface area contributed by atoms with Crippen molar-refractivity contribution in [1.29, 1.82) is 0 Å². The minimum absolute atomic E-state index is 0.00917. The fraction of sp³-hybridized carbons (Fsp3) is 0.125. The summed E-state index contributed by atoms with van der Waals surface area (Å²) in [6, 6.07) is 12.0. The number of anilines is 2. The van der Waals surface area contributed by atoms with E-state index in [1.54, 1.807) is 42.5 Å². The van der Waals surface area contributed by atoms with Crippen LogP contribution in [0.4, 0.5) is 20.2 Å². The van der Waals surface area contributed by atoms with Crippen LogP contribution in [0.3, 0.4) is 0 Å². The van der Waals surface area contributed by atoms with Gasteiger partial charge in [0.05, 0.1) is 12.1 Å². The van der Waals surface area contributed by atoms with Crippen molar-refractivity contribution >= 4 is 34.6 Å². The van der Waals surface area contributed by atoms with Crippen LogP contribution in [-0.4, -0.2) is 17.3 Å². The lowest BCUT2D eigenvalue weighted by Crippen LogP contribution is -2.03. The summed E-state index contributed by atoms with van der Waals surface area (Å²) in [5.41, 5.74) is 1.67. The molecule has 0 fully saturated rings. The van der Waals surface area contributed by atoms with E-state index in [1.807, 2.05) is 0 Å². The van der Waals surface area contributed by atoms with Gasteiger partial charge in [0.1, 0.15) is 11.4 Å². The molecule has 0 spiro atoms. The highest BCUT2D eigenvalue weighted by atomic mass is 35.5. The predicted molar refractivity (Wildman–Crippen MR) is 90.8 cm³/mol. The number of hydrogen-bond donors (Lipinski definition) is 1. The lowest BCUT2D eigenvalue weighted by Gasteiger charge is -2.13. The molecule has 1 heterocycles. The number of benzene rings is 2. The molecule has 1 N–H and O–H groups in total. The Balaban J connectivity index is 1.92. The molecule has 0 unspecified atom stereocenters. The van der Waals surface area contributed by atoms with Gasteiger partial charge in [-0.15, -0.1) is 0 Å². The van der Waals surface area contributed by atoms with Crippen LogP contribution in [0.1, 0.15) is 5.89 Å². The Bertz CT molecular complexity index is 897. The van der Waals surface area contributed by atoms with E-state index in [4.69, 9.17) is 27.9 Å². The third-order valence-electron chi connectivity index (χ3n) is 3.25. The second-order valence-corrected chi connectivity index (χ2v) is 5.83. The minimum atomic E-state index is -3.72. The van der Waals surface area contributed by atoms with Gasteiger partial charge < -0.3 is 14.6 Å². The molecule has 25 heavy (non-hydrogen) atoms. The van der Waals surface area contributed by atoms with Gasteiger partial charge >= 0.3 is 11.3 Å². The van der Waals surface area contributed by atoms with E-state index in [-0.39, 0.29) is 5.82 Å². The first-order chi connectivity index (χ1) is 11.9. The van der Waals surface area contributed by atoms with Crippen LogP contribution in [0, 0.1) is 0 Å². The first-order valence-corrected chi connectivity index (χ1v) is 7.75. The Morgan fingerprint density at radius 1 is 1.20 bits per heavy atom. The zero-order chi connectivity index (χ0) is 18.0. The van der Waals surface area contributed by atoms with Crippen molar-refractivity contribution in [2.24, 2.45) is 0 Å². The molecule has 130 valence electrons. The summed E-state index contributed by atoms with van der Waals surface area (Å²) in [5.74, 6) is -0.415. The second-order valence-electron chi connectivity index (χ2n) is 4.94. The summed E-state index contributed by atoms with van der Waals surface area (Å²) in [4.78, 5) is 3.61. The highest BCUT2D eigenvalue weighted by molar-refractivity contribution is 6.33. The summed E-state index contributed by atoms with van der Waals surface area (Å²) in [5, 5.41) is 3.39. The smallest absolute Gasteiger partial charge is 0.400 e. The van der Waals surface area contributed by atoms with Crippen LogP contribution in [-0.2, 0) is 5.38 Å². The van der Waals surface area contributed by atoms with E-state index in [2.05, 4.69) is 20.0 Å². The fourth-order valence-electron chi connectivity index (χ4n) is 2.13. The predicted octanol–water partition coefficient (Wildman–Crippen LogP) is 5.43. The van der Waals surface area contributed by atoms with Crippen molar-refractivity contribution in [2.75, 3.05) is 12.4 Å². The SMILES string of the molecule is COc1cccc(Cl)c1Nc1cccc(-c2noc(C(F)(F)Cl)n2)c1. The van der Waals surface area contributed by atoms with Gasteiger partial charge in [0.15, 0.2) is 0 Å². The zero-order valence-electron chi connectivity index (χ0n) is 12.8. The number of halogens is 4. The average molecular weight is 386 g/mol. The van der Waals surface area contributed by atoms with Crippen molar-refractivity contribution in [3.05, 3.63) is 53.4 Å². The molecular weight excluding hydrogens is 375 g/mol. The van der Waals surface area contributed by atoms with Crippen LogP contribution in [0.15, 0.2) is 47.0 Å². The standard InChI is InChI=1S/C16H11Cl2F2N3O2/c1-24-12-7-3-6-11(17)13(12)21-10-5-2-4-9(8-10)14-22-15(25-23-14)16(18,19)20/h2-8,21H,1H3. The Morgan fingerprint density at radius 3 is 2.64 bits per heavy atom. The first kappa shape index (κ1) is 17.4. The summed E-state index contributed by atoms with van der Waals surface area (Å²) >= 11 is 11.1. The number of alkyl halides is 3. The van der Waals surface area contributed by atoms with Crippen LogP contribution in [0.5, 0.6) is 5.75 Å². The van der Waals surface area contributed by atoms with Crippen molar-refractivity contribution in [1.82, 2.24) is 10.1 Å². The van der Waals surface area contributed by atoms with Crippen molar-refractivity contribution < 1.29 is 18.0 Å². The molecule has 1 aromatic heterocycles. The van der Waals surface area contributed by atoms with E-state index in [0.717, 1.165) is 0 Å². The van der Waals surface area contributed by atoms with Gasteiger partial charge in [-0.2, -0.15) is 13.8 Å². The van der Waals surface area contributed by atoms with Crippen LogP contribution in [0.2, 0.25) is 5.02 Å². The minimum Gasteiger partial charge on any atom is -0.495 e. The third kappa shape index (κ3) is 3.83. The number of nitrogens with one attached hydrogen (secondary N) is 1. The molecule has 3 aromatic rings. The monoisotopic (exact) mass is 385 g/mol. The van der Waals surface area contributed by atoms with E-state index < -0.39 is 11.3 Å². The van der Waals surface area contributed by atoms with Gasteiger partial charge in [-0.05, 0) is 35.9 Å². The highest BCUT2D eigenvalue weighted by Gasteiger charge is 2.35. The lowest BCUT2D eigenvalue weighted by molar-refractivity contribution is 0.0551. The Labute approximate surface area is 151 Å². The molecule has 0 amide bonds. The average Bonchev–Trinajstić information content (AvgIpc) is 3.07. The van der Waals surface area contributed by atoms with E-state index in [0.29, 0.717) is 27.7 Å². The largest absolute Gasteiger partial charge is 0.495 e. The molecule has 3 rings (SSSR count). The Morgan fingerprint density at radius 2 is 1.96 bits per heavy atom. The molecule has 0 radical (unpaired) electrons. The van der Waals surface area contributed by atoms with Crippen molar-refractivity contribution in [3.8, 4) is 17.1 Å². The number of aromatic nitrogens is 2. The van der Waals surface area contributed by atoms with Crippen molar-refractivity contribution in [2.45, 2.75) is 5.38 Å². The van der Waals surface area contributed by atoms with Crippen molar-refractivity contribution in [3.63, 3.8) is 0 Å². The highest BCUT2D eigenvalue weighted by Crippen LogP contribution is 2.36. The maximum absolute atomic E-state index is 13.0. The van der Waals surface area contributed by atoms with Crippen LogP contribution >= 0.6 is 23.2 Å². The summed E-state index contributed by atoms with van der Waals surface area (Å²) < 4.78 is 35.8. The Hall–Kier alpha value is -2.38. The number of ether oxygens (including phenoxy) is 1. The zero-order valence-corrected chi connectivity index (χ0v) is 14.3. The van der Waals surface area contributed by atoms with E-state index >= 15 is 0 Å². The molecule has 0 saturated heterocycles. The number of methoxy groups -OCH3 is 1. The maximum atomic E-state index is 13.0. The lowest BCUT2D eigenvalue weighted by atomic mass is 10.2. The molecule has 0 aliphatic heterocycles.